The lowest BCUT2D eigenvalue weighted by atomic mass is 9.77. The number of carbonyl (C=O) groups is 2. The topological polar surface area (TPSA) is 52.6 Å². The number of fused-ring (bicyclic) bond motifs is 1. The van der Waals surface area contributed by atoms with Crippen molar-refractivity contribution >= 4 is 11.9 Å². The van der Waals surface area contributed by atoms with Crippen LogP contribution in [-0.2, 0) is 19.1 Å². The molecule has 0 heterocycles. The Morgan fingerprint density at radius 3 is 1.92 bits per heavy atom. The maximum atomic E-state index is 12.8. The molecule has 140 valence electrons. The van der Waals surface area contributed by atoms with Crippen LogP contribution in [0.3, 0.4) is 0 Å². The van der Waals surface area contributed by atoms with E-state index in [2.05, 4.69) is 20.8 Å². The number of hydrogen-bond acceptors (Lipinski definition) is 4. The Morgan fingerprint density at radius 1 is 0.920 bits per heavy atom. The summed E-state index contributed by atoms with van der Waals surface area (Å²) in [5.74, 6) is -0.571. The van der Waals surface area contributed by atoms with Crippen LogP contribution in [0, 0.1) is 11.3 Å². The van der Waals surface area contributed by atoms with Gasteiger partial charge in [-0.25, -0.2) is 0 Å². The number of allylic oxidation sites excluding steroid dienone is 4. The predicted octanol–water partition coefficient (Wildman–Crippen LogP) is 4.74. The quantitative estimate of drug-likeness (QED) is 0.493. The molecule has 0 aromatic rings. The van der Waals surface area contributed by atoms with Gasteiger partial charge in [0.1, 0.15) is 0 Å². The SMILES string of the molecule is CCOC(=O)C1(C(=O)OCC)CC2=C(CC)C(CC)=C(CC)CC2C1. The maximum Gasteiger partial charge on any atom is 0.323 e. The van der Waals surface area contributed by atoms with Crippen LogP contribution in [0.4, 0.5) is 0 Å². The summed E-state index contributed by atoms with van der Waals surface area (Å²) in [6.07, 6.45) is 4.92. The highest BCUT2D eigenvalue weighted by Crippen LogP contribution is 2.54. The first-order chi connectivity index (χ1) is 12.0. The largest absolute Gasteiger partial charge is 0.465 e. The maximum absolute atomic E-state index is 12.8. The van der Waals surface area contributed by atoms with Crippen LogP contribution in [0.5, 0.6) is 0 Å². The van der Waals surface area contributed by atoms with Crippen molar-refractivity contribution in [1.82, 2.24) is 0 Å². The van der Waals surface area contributed by atoms with E-state index < -0.39 is 17.4 Å². The first kappa shape index (κ1) is 19.7. The summed E-state index contributed by atoms with van der Waals surface area (Å²) >= 11 is 0. The van der Waals surface area contributed by atoms with E-state index in [0.29, 0.717) is 12.8 Å². The van der Waals surface area contributed by atoms with Gasteiger partial charge in [0, 0.05) is 0 Å². The van der Waals surface area contributed by atoms with Gasteiger partial charge in [-0.3, -0.25) is 9.59 Å². The molecule has 0 radical (unpaired) electrons. The Labute approximate surface area is 151 Å². The Hall–Kier alpha value is -1.58. The van der Waals surface area contributed by atoms with Crippen LogP contribution in [-0.4, -0.2) is 25.2 Å². The molecule has 1 fully saturated rings. The third-order valence-electron chi connectivity index (χ3n) is 5.72. The molecular formula is C21H32O4. The first-order valence-corrected chi connectivity index (χ1v) is 9.76. The number of ether oxygens (including phenoxy) is 2. The summed E-state index contributed by atoms with van der Waals surface area (Å²) in [4.78, 5) is 25.5. The van der Waals surface area contributed by atoms with Gasteiger partial charge in [0.25, 0.3) is 0 Å². The standard InChI is InChI=1S/C21H32O4/c1-6-14-11-15-12-21(19(22)24-9-4,20(23)25-10-5)13-18(15)17(8-3)16(14)7-2/h15H,6-13H2,1-5H3. The number of hydrogen-bond donors (Lipinski definition) is 0. The number of carbonyl (C=O) groups excluding carboxylic acids is 2. The van der Waals surface area contributed by atoms with Crippen LogP contribution >= 0.6 is 0 Å². The zero-order valence-electron chi connectivity index (χ0n) is 16.4. The van der Waals surface area contributed by atoms with Crippen LogP contribution in [0.25, 0.3) is 0 Å². The number of esters is 2. The van der Waals surface area contributed by atoms with E-state index in [1.807, 2.05) is 0 Å². The summed E-state index contributed by atoms with van der Waals surface area (Å²) < 4.78 is 10.6. The highest BCUT2D eigenvalue weighted by molar-refractivity contribution is 6.01. The van der Waals surface area contributed by atoms with E-state index in [9.17, 15) is 9.59 Å². The molecule has 1 atom stereocenters. The van der Waals surface area contributed by atoms with Gasteiger partial charge in [0.2, 0.25) is 0 Å². The summed E-state index contributed by atoms with van der Waals surface area (Å²) in [5, 5.41) is 0. The highest BCUT2D eigenvalue weighted by atomic mass is 16.6. The monoisotopic (exact) mass is 348 g/mol. The molecule has 2 aliphatic rings. The molecule has 0 N–H and O–H groups in total. The molecule has 1 unspecified atom stereocenters. The van der Waals surface area contributed by atoms with Gasteiger partial charge in [-0.2, -0.15) is 0 Å². The molecule has 1 saturated carbocycles. The lowest BCUT2D eigenvalue weighted by Gasteiger charge is -2.28. The van der Waals surface area contributed by atoms with Gasteiger partial charge in [-0.15, -0.1) is 0 Å². The molecule has 0 bridgehead atoms. The van der Waals surface area contributed by atoms with Crippen molar-refractivity contribution in [2.45, 2.75) is 73.1 Å². The summed E-state index contributed by atoms with van der Waals surface area (Å²) in [5.41, 5.74) is 4.43. The minimum absolute atomic E-state index is 0.258. The fraction of sp³-hybridized carbons (Fsp3) is 0.714. The molecule has 4 nitrogen and oxygen atoms in total. The van der Waals surface area contributed by atoms with Gasteiger partial charge in [-0.05, 0) is 69.4 Å². The van der Waals surface area contributed by atoms with Crippen molar-refractivity contribution in [3.05, 3.63) is 22.3 Å². The van der Waals surface area contributed by atoms with Crippen molar-refractivity contribution < 1.29 is 19.1 Å². The highest BCUT2D eigenvalue weighted by Gasteiger charge is 2.56. The molecule has 2 rings (SSSR count). The molecule has 25 heavy (non-hydrogen) atoms. The molecule has 4 heteroatoms. The van der Waals surface area contributed by atoms with E-state index in [1.54, 1.807) is 13.8 Å². The molecule has 0 amide bonds. The van der Waals surface area contributed by atoms with Crippen LogP contribution in [0.1, 0.15) is 73.1 Å². The molecule has 0 aromatic carbocycles. The van der Waals surface area contributed by atoms with Crippen molar-refractivity contribution in [1.29, 1.82) is 0 Å². The minimum atomic E-state index is -1.16. The van der Waals surface area contributed by atoms with Gasteiger partial charge in [-0.1, -0.05) is 31.9 Å². The Morgan fingerprint density at radius 2 is 1.48 bits per heavy atom. The fourth-order valence-corrected chi connectivity index (χ4v) is 4.66. The molecule has 0 aliphatic heterocycles. The van der Waals surface area contributed by atoms with Crippen molar-refractivity contribution in [2.24, 2.45) is 11.3 Å². The van der Waals surface area contributed by atoms with Crippen molar-refractivity contribution in [2.75, 3.05) is 13.2 Å². The van der Waals surface area contributed by atoms with E-state index >= 15 is 0 Å². The van der Waals surface area contributed by atoms with Crippen molar-refractivity contribution in [3.8, 4) is 0 Å². The van der Waals surface area contributed by atoms with E-state index in [4.69, 9.17) is 9.47 Å². The van der Waals surface area contributed by atoms with E-state index in [1.165, 1.54) is 22.3 Å². The smallest absolute Gasteiger partial charge is 0.323 e. The lowest BCUT2D eigenvalue weighted by Crippen LogP contribution is -2.40. The molecule has 0 aromatic heterocycles. The van der Waals surface area contributed by atoms with Crippen LogP contribution < -0.4 is 0 Å². The minimum Gasteiger partial charge on any atom is -0.465 e. The Bertz CT molecular complexity index is 579. The lowest BCUT2D eigenvalue weighted by molar-refractivity contribution is -0.171. The Kier molecular flexibility index (Phi) is 6.47. The normalized spacial score (nSPS) is 22.0. The summed E-state index contributed by atoms with van der Waals surface area (Å²) in [6, 6.07) is 0. The van der Waals surface area contributed by atoms with Gasteiger partial charge in [0.15, 0.2) is 5.41 Å². The summed E-state index contributed by atoms with van der Waals surface area (Å²) in [6.45, 7) is 10.7. The van der Waals surface area contributed by atoms with E-state index in [0.717, 1.165) is 25.7 Å². The molecular weight excluding hydrogens is 316 g/mol. The second-order valence-electron chi connectivity index (χ2n) is 6.95. The van der Waals surface area contributed by atoms with E-state index in [-0.39, 0.29) is 19.1 Å². The number of rotatable bonds is 7. The first-order valence-electron chi connectivity index (χ1n) is 9.76. The van der Waals surface area contributed by atoms with Gasteiger partial charge < -0.3 is 9.47 Å². The average Bonchev–Trinajstić information content (AvgIpc) is 3.00. The fourth-order valence-electron chi connectivity index (χ4n) is 4.66. The Balaban J connectivity index is 2.48. The van der Waals surface area contributed by atoms with Crippen LogP contribution in [0.2, 0.25) is 0 Å². The van der Waals surface area contributed by atoms with Crippen molar-refractivity contribution in [3.63, 3.8) is 0 Å². The molecule has 0 saturated heterocycles. The van der Waals surface area contributed by atoms with Gasteiger partial charge in [0.05, 0.1) is 13.2 Å². The summed E-state index contributed by atoms with van der Waals surface area (Å²) in [7, 11) is 0. The third kappa shape index (κ3) is 3.40. The molecule has 2 aliphatic carbocycles. The predicted molar refractivity (Wildman–Crippen MR) is 98.0 cm³/mol. The average molecular weight is 348 g/mol. The van der Waals surface area contributed by atoms with Gasteiger partial charge >= 0.3 is 11.9 Å². The van der Waals surface area contributed by atoms with Crippen LogP contribution in [0.15, 0.2) is 22.3 Å². The zero-order chi connectivity index (χ0) is 18.6. The third-order valence-corrected chi connectivity index (χ3v) is 5.72. The second kappa shape index (κ2) is 8.20. The molecule has 0 spiro atoms. The second-order valence-corrected chi connectivity index (χ2v) is 6.95. The zero-order valence-corrected chi connectivity index (χ0v) is 16.4.